The summed E-state index contributed by atoms with van der Waals surface area (Å²) < 4.78 is 0. The quantitative estimate of drug-likeness (QED) is 0.594. The normalized spacial score (nSPS) is 17.2. The summed E-state index contributed by atoms with van der Waals surface area (Å²) in [4.78, 5) is 22.7. The number of anilines is 1. The number of carbonyl (C=O) groups excluding carboxylic acids is 1. The van der Waals surface area contributed by atoms with Crippen LogP contribution in [0.3, 0.4) is 0 Å². The molecule has 1 aromatic carbocycles. The van der Waals surface area contributed by atoms with Crippen LogP contribution in [0.4, 0.5) is 5.69 Å². The molecule has 0 spiro atoms. The lowest BCUT2D eigenvalue weighted by Gasteiger charge is -2.17. The molecule has 1 atom stereocenters. The van der Waals surface area contributed by atoms with E-state index in [1.807, 2.05) is 24.3 Å². The van der Waals surface area contributed by atoms with Crippen LogP contribution >= 0.6 is 11.8 Å². The van der Waals surface area contributed by atoms with E-state index in [0.29, 0.717) is 5.75 Å². The molecular formula is C17H21NO3S. The van der Waals surface area contributed by atoms with Crippen molar-refractivity contribution in [2.45, 2.75) is 31.4 Å². The van der Waals surface area contributed by atoms with Gasteiger partial charge < -0.3 is 10.4 Å². The predicted molar refractivity (Wildman–Crippen MR) is 90.0 cm³/mol. The van der Waals surface area contributed by atoms with Crippen LogP contribution in [0.2, 0.25) is 0 Å². The molecule has 0 saturated heterocycles. The maximum atomic E-state index is 12.2. The Morgan fingerprint density at radius 3 is 2.91 bits per heavy atom. The molecule has 0 radical (unpaired) electrons. The van der Waals surface area contributed by atoms with Crippen molar-refractivity contribution in [3.63, 3.8) is 0 Å². The molecule has 0 saturated carbocycles. The van der Waals surface area contributed by atoms with Crippen molar-refractivity contribution in [2.75, 3.05) is 11.1 Å². The standard InChI is InChI=1S/C17H21NO3S/c19-16(20)9-10-22-12-13-5-4-8-15(11-13)18-17(21)14-6-2-1-3-7-14/h1-2,4-5,8,11,14H,3,6-7,9-10,12H2,(H,18,21)(H,19,20). The summed E-state index contributed by atoms with van der Waals surface area (Å²) in [5.74, 6) is 0.734. The van der Waals surface area contributed by atoms with E-state index in [4.69, 9.17) is 5.11 Å². The summed E-state index contributed by atoms with van der Waals surface area (Å²) >= 11 is 1.59. The van der Waals surface area contributed by atoms with Crippen molar-refractivity contribution in [1.82, 2.24) is 0 Å². The van der Waals surface area contributed by atoms with Crippen LogP contribution in [0.25, 0.3) is 0 Å². The lowest BCUT2D eigenvalue weighted by molar-refractivity contribution is -0.136. The zero-order valence-electron chi connectivity index (χ0n) is 12.5. The average Bonchev–Trinajstić information content (AvgIpc) is 2.52. The summed E-state index contributed by atoms with van der Waals surface area (Å²) in [7, 11) is 0. The first kappa shape index (κ1) is 16.6. The molecular weight excluding hydrogens is 298 g/mol. The van der Waals surface area contributed by atoms with Gasteiger partial charge in [0.2, 0.25) is 5.91 Å². The maximum Gasteiger partial charge on any atom is 0.304 e. The van der Waals surface area contributed by atoms with Crippen molar-refractivity contribution >= 4 is 29.3 Å². The number of carboxylic acids is 1. The fourth-order valence-electron chi connectivity index (χ4n) is 2.36. The molecule has 0 aliphatic heterocycles. The van der Waals surface area contributed by atoms with Gasteiger partial charge in [-0.2, -0.15) is 11.8 Å². The van der Waals surface area contributed by atoms with Gasteiger partial charge in [-0.3, -0.25) is 9.59 Å². The van der Waals surface area contributed by atoms with Crippen LogP contribution < -0.4 is 5.32 Å². The fourth-order valence-corrected chi connectivity index (χ4v) is 3.24. The van der Waals surface area contributed by atoms with E-state index in [1.54, 1.807) is 11.8 Å². The van der Waals surface area contributed by atoms with E-state index in [1.165, 1.54) is 0 Å². The number of hydrogen-bond donors (Lipinski definition) is 2. The Balaban J connectivity index is 1.84. The van der Waals surface area contributed by atoms with Crippen LogP contribution in [0.1, 0.15) is 31.2 Å². The second-order valence-corrected chi connectivity index (χ2v) is 6.47. The van der Waals surface area contributed by atoms with Gasteiger partial charge in [-0.1, -0.05) is 24.3 Å². The van der Waals surface area contributed by atoms with E-state index in [9.17, 15) is 9.59 Å². The maximum absolute atomic E-state index is 12.2. The minimum atomic E-state index is -0.768. The highest BCUT2D eigenvalue weighted by atomic mass is 32.2. The summed E-state index contributed by atoms with van der Waals surface area (Å²) in [5.41, 5.74) is 1.91. The number of allylic oxidation sites excluding steroid dienone is 2. The lowest BCUT2D eigenvalue weighted by atomic mass is 9.93. The molecule has 1 unspecified atom stereocenters. The predicted octanol–water partition coefficient (Wildman–Crippen LogP) is 3.69. The van der Waals surface area contributed by atoms with Gasteiger partial charge in [-0.25, -0.2) is 0 Å². The van der Waals surface area contributed by atoms with E-state index >= 15 is 0 Å². The van der Waals surface area contributed by atoms with Gasteiger partial charge in [-0.05, 0) is 37.0 Å². The Labute approximate surface area is 135 Å². The third kappa shape index (κ3) is 5.56. The van der Waals surface area contributed by atoms with Gasteiger partial charge in [0, 0.05) is 23.1 Å². The van der Waals surface area contributed by atoms with Gasteiger partial charge in [0.15, 0.2) is 0 Å². The summed E-state index contributed by atoms with van der Waals surface area (Å²) in [5, 5.41) is 11.6. The average molecular weight is 319 g/mol. The highest BCUT2D eigenvalue weighted by Gasteiger charge is 2.18. The Morgan fingerprint density at radius 1 is 1.32 bits per heavy atom. The zero-order chi connectivity index (χ0) is 15.8. The van der Waals surface area contributed by atoms with E-state index in [2.05, 4.69) is 17.5 Å². The third-order valence-electron chi connectivity index (χ3n) is 3.56. The SMILES string of the molecule is O=C(O)CCSCc1cccc(NC(=O)C2CC=CCC2)c1. The first-order chi connectivity index (χ1) is 10.6. The number of nitrogens with one attached hydrogen (secondary N) is 1. The number of aliphatic carboxylic acids is 1. The van der Waals surface area contributed by atoms with Gasteiger partial charge in [0.25, 0.3) is 0 Å². The molecule has 22 heavy (non-hydrogen) atoms. The molecule has 4 nitrogen and oxygen atoms in total. The van der Waals surface area contributed by atoms with Crippen LogP contribution in [-0.2, 0) is 15.3 Å². The topological polar surface area (TPSA) is 66.4 Å². The van der Waals surface area contributed by atoms with Crippen LogP contribution in [0, 0.1) is 5.92 Å². The molecule has 2 N–H and O–H groups in total. The number of amides is 1. The first-order valence-electron chi connectivity index (χ1n) is 7.49. The van der Waals surface area contributed by atoms with E-state index in [0.717, 1.165) is 36.3 Å². The number of benzene rings is 1. The second kappa shape index (κ2) is 8.63. The monoisotopic (exact) mass is 319 g/mol. The Morgan fingerprint density at radius 2 is 2.18 bits per heavy atom. The minimum Gasteiger partial charge on any atom is -0.481 e. The van der Waals surface area contributed by atoms with Crippen molar-refractivity contribution in [1.29, 1.82) is 0 Å². The summed E-state index contributed by atoms with van der Waals surface area (Å²) in [6.45, 7) is 0. The molecule has 5 heteroatoms. The number of carboxylic acid groups (broad SMARTS) is 1. The molecule has 0 bridgehead atoms. The number of carbonyl (C=O) groups is 2. The van der Waals surface area contributed by atoms with Gasteiger partial charge >= 0.3 is 5.97 Å². The first-order valence-corrected chi connectivity index (χ1v) is 8.65. The van der Waals surface area contributed by atoms with Crippen LogP contribution in [-0.4, -0.2) is 22.7 Å². The molecule has 118 valence electrons. The van der Waals surface area contributed by atoms with Crippen molar-refractivity contribution in [3.8, 4) is 0 Å². The summed E-state index contributed by atoms with van der Waals surface area (Å²) in [6.07, 6.45) is 7.07. The molecule has 2 rings (SSSR count). The largest absolute Gasteiger partial charge is 0.481 e. The number of rotatable bonds is 7. The number of thioether (sulfide) groups is 1. The van der Waals surface area contributed by atoms with E-state index in [-0.39, 0.29) is 18.2 Å². The molecule has 0 heterocycles. The van der Waals surface area contributed by atoms with Crippen molar-refractivity contribution < 1.29 is 14.7 Å². The van der Waals surface area contributed by atoms with Gasteiger partial charge in [-0.15, -0.1) is 0 Å². The van der Waals surface area contributed by atoms with Gasteiger partial charge in [0.1, 0.15) is 0 Å². The Kier molecular flexibility index (Phi) is 6.52. The second-order valence-electron chi connectivity index (χ2n) is 5.37. The minimum absolute atomic E-state index is 0.0681. The highest BCUT2D eigenvalue weighted by molar-refractivity contribution is 7.98. The Hall–Kier alpha value is -1.75. The lowest BCUT2D eigenvalue weighted by Crippen LogP contribution is -2.23. The fraction of sp³-hybridized carbons (Fsp3) is 0.412. The number of hydrogen-bond acceptors (Lipinski definition) is 3. The smallest absolute Gasteiger partial charge is 0.304 e. The van der Waals surface area contributed by atoms with E-state index < -0.39 is 5.97 Å². The van der Waals surface area contributed by atoms with Crippen molar-refractivity contribution in [3.05, 3.63) is 42.0 Å². The third-order valence-corrected chi connectivity index (χ3v) is 4.59. The molecule has 1 aliphatic carbocycles. The van der Waals surface area contributed by atoms with Crippen molar-refractivity contribution in [2.24, 2.45) is 5.92 Å². The van der Waals surface area contributed by atoms with Crippen LogP contribution in [0.15, 0.2) is 36.4 Å². The molecule has 1 aliphatic rings. The summed E-state index contributed by atoms with van der Waals surface area (Å²) in [6, 6.07) is 7.77. The molecule has 0 fully saturated rings. The Bertz CT molecular complexity index is 557. The highest BCUT2D eigenvalue weighted by Crippen LogP contribution is 2.22. The van der Waals surface area contributed by atoms with Gasteiger partial charge in [0.05, 0.1) is 6.42 Å². The van der Waals surface area contributed by atoms with Crippen LogP contribution in [0.5, 0.6) is 0 Å². The molecule has 0 aromatic heterocycles. The molecule has 1 amide bonds. The molecule has 1 aromatic rings. The zero-order valence-corrected chi connectivity index (χ0v) is 13.3.